The van der Waals surface area contributed by atoms with Gasteiger partial charge in [0.1, 0.15) is 0 Å². The van der Waals surface area contributed by atoms with E-state index in [4.69, 9.17) is 5.84 Å². The van der Waals surface area contributed by atoms with Crippen LogP contribution in [0.3, 0.4) is 0 Å². The zero-order valence-electron chi connectivity index (χ0n) is 10.2. The van der Waals surface area contributed by atoms with Gasteiger partial charge in [-0.3, -0.25) is 5.84 Å². The Labute approximate surface area is 113 Å². The van der Waals surface area contributed by atoms with Gasteiger partial charge in [-0.1, -0.05) is 13.0 Å². The molecule has 0 radical (unpaired) electrons. The molecule has 1 aromatic heterocycles. The highest BCUT2D eigenvalue weighted by Gasteiger charge is 2.22. The average Bonchev–Trinajstić information content (AvgIpc) is 2.88. The van der Waals surface area contributed by atoms with Gasteiger partial charge in [0.05, 0.1) is 6.04 Å². The number of hydrazine groups is 1. The van der Waals surface area contributed by atoms with Gasteiger partial charge in [0.2, 0.25) is 0 Å². The summed E-state index contributed by atoms with van der Waals surface area (Å²) in [5, 5.41) is 0. The number of rotatable bonds is 4. The molecule has 2 rings (SSSR count). The molecule has 0 spiro atoms. The van der Waals surface area contributed by atoms with Gasteiger partial charge >= 0.3 is 0 Å². The van der Waals surface area contributed by atoms with Crippen molar-refractivity contribution in [3.63, 3.8) is 0 Å². The summed E-state index contributed by atoms with van der Waals surface area (Å²) in [6.45, 7) is 2.00. The molecule has 0 fully saturated rings. The fourth-order valence-corrected chi connectivity index (χ4v) is 2.86. The summed E-state index contributed by atoms with van der Waals surface area (Å²) in [5.74, 6) is 1.51. The summed E-state index contributed by atoms with van der Waals surface area (Å²) in [5.41, 5.74) is 2.43. The van der Waals surface area contributed by atoms with Gasteiger partial charge in [0, 0.05) is 15.3 Å². The molecule has 6 heteroatoms. The van der Waals surface area contributed by atoms with Crippen LogP contribution in [0.1, 0.15) is 28.3 Å². The van der Waals surface area contributed by atoms with Crippen LogP contribution in [0.25, 0.3) is 0 Å². The molecule has 0 saturated carbocycles. The topological polar surface area (TPSA) is 38.0 Å². The Morgan fingerprint density at radius 3 is 2.47 bits per heavy atom. The van der Waals surface area contributed by atoms with E-state index in [1.54, 1.807) is 6.07 Å². The predicted molar refractivity (Wildman–Crippen MR) is 69.2 cm³/mol. The highest BCUT2D eigenvalue weighted by molar-refractivity contribution is 7.12. The third-order valence-electron chi connectivity index (χ3n) is 2.86. The maximum Gasteiger partial charge on any atom is 0.194 e. The van der Waals surface area contributed by atoms with E-state index in [0.29, 0.717) is 0 Å². The van der Waals surface area contributed by atoms with Crippen LogP contribution in [-0.2, 0) is 6.42 Å². The van der Waals surface area contributed by atoms with E-state index in [9.17, 15) is 13.2 Å². The van der Waals surface area contributed by atoms with E-state index in [0.717, 1.165) is 22.2 Å². The summed E-state index contributed by atoms with van der Waals surface area (Å²) >= 11 is 1.45. The minimum atomic E-state index is -1.48. The fourth-order valence-electron chi connectivity index (χ4n) is 1.83. The summed E-state index contributed by atoms with van der Waals surface area (Å²) < 4.78 is 40.0. The van der Waals surface area contributed by atoms with Crippen LogP contribution in [0.15, 0.2) is 24.3 Å². The number of hydrogen-bond acceptors (Lipinski definition) is 3. The summed E-state index contributed by atoms with van der Waals surface area (Å²) in [6, 6.07) is 5.10. The average molecular weight is 286 g/mol. The number of hydrogen-bond donors (Lipinski definition) is 2. The van der Waals surface area contributed by atoms with Crippen LogP contribution in [-0.4, -0.2) is 0 Å². The largest absolute Gasteiger partial charge is 0.271 e. The zero-order chi connectivity index (χ0) is 14.0. The van der Waals surface area contributed by atoms with Crippen molar-refractivity contribution in [1.29, 1.82) is 0 Å². The van der Waals surface area contributed by atoms with Crippen molar-refractivity contribution in [3.8, 4) is 0 Å². The van der Waals surface area contributed by atoms with Gasteiger partial charge < -0.3 is 0 Å². The van der Waals surface area contributed by atoms with Crippen molar-refractivity contribution < 1.29 is 13.2 Å². The number of halogens is 3. The normalized spacial score (nSPS) is 12.7. The lowest BCUT2D eigenvalue weighted by Crippen LogP contribution is -2.29. The van der Waals surface area contributed by atoms with E-state index in [2.05, 4.69) is 5.43 Å². The van der Waals surface area contributed by atoms with Crippen molar-refractivity contribution in [2.75, 3.05) is 0 Å². The maximum atomic E-state index is 13.8. The van der Waals surface area contributed by atoms with Crippen molar-refractivity contribution in [3.05, 3.63) is 57.0 Å². The molecule has 0 bridgehead atoms. The number of benzene rings is 1. The van der Waals surface area contributed by atoms with Crippen LogP contribution in [0.2, 0.25) is 0 Å². The second kappa shape index (κ2) is 5.73. The Morgan fingerprint density at radius 1 is 1.16 bits per heavy atom. The van der Waals surface area contributed by atoms with Gasteiger partial charge in [-0.05, 0) is 24.6 Å². The van der Waals surface area contributed by atoms with E-state index in [1.165, 1.54) is 17.4 Å². The molecule has 1 atom stereocenters. The van der Waals surface area contributed by atoms with Gasteiger partial charge in [-0.15, -0.1) is 11.3 Å². The molecule has 3 N–H and O–H groups in total. The highest BCUT2D eigenvalue weighted by atomic mass is 32.1. The summed E-state index contributed by atoms with van der Waals surface area (Å²) in [4.78, 5) is 1.86. The maximum absolute atomic E-state index is 13.8. The van der Waals surface area contributed by atoms with E-state index in [-0.39, 0.29) is 5.56 Å². The van der Waals surface area contributed by atoms with Crippen LogP contribution in [0, 0.1) is 17.5 Å². The number of aryl methyl sites for hydroxylation is 1. The molecule has 0 aliphatic carbocycles. The Kier molecular flexibility index (Phi) is 4.24. The molecule has 2 aromatic rings. The van der Waals surface area contributed by atoms with Crippen LogP contribution >= 0.6 is 11.3 Å². The monoisotopic (exact) mass is 286 g/mol. The first-order valence-electron chi connectivity index (χ1n) is 5.76. The number of thiophene rings is 1. The summed E-state index contributed by atoms with van der Waals surface area (Å²) in [7, 11) is 0. The third-order valence-corrected chi connectivity index (χ3v) is 4.15. The Bertz CT molecular complexity index is 583. The van der Waals surface area contributed by atoms with E-state index in [1.807, 2.05) is 13.0 Å². The first-order chi connectivity index (χ1) is 9.08. The molecular weight excluding hydrogens is 273 g/mol. The van der Waals surface area contributed by atoms with E-state index < -0.39 is 23.5 Å². The standard InChI is InChI=1S/C13H13F3N2S/c1-2-7-3-6-10(19-7)13(18-17)8-4-5-9(14)12(16)11(8)15/h3-6,13,18H,2,17H2,1H3. The van der Waals surface area contributed by atoms with Crippen molar-refractivity contribution in [2.24, 2.45) is 5.84 Å². The number of nitrogens with one attached hydrogen (secondary N) is 1. The molecule has 2 nitrogen and oxygen atoms in total. The first kappa shape index (κ1) is 14.0. The number of nitrogens with two attached hydrogens (primary N) is 1. The highest BCUT2D eigenvalue weighted by Crippen LogP contribution is 2.31. The van der Waals surface area contributed by atoms with Gasteiger partial charge in [-0.25, -0.2) is 18.6 Å². The molecule has 102 valence electrons. The van der Waals surface area contributed by atoms with Crippen LogP contribution in [0.4, 0.5) is 13.2 Å². The molecule has 0 amide bonds. The molecule has 0 aliphatic heterocycles. The lowest BCUT2D eigenvalue weighted by atomic mass is 10.0. The molecule has 1 heterocycles. The lowest BCUT2D eigenvalue weighted by molar-refractivity contribution is 0.434. The Hall–Kier alpha value is -1.37. The Balaban J connectivity index is 2.45. The second-order valence-electron chi connectivity index (χ2n) is 4.02. The van der Waals surface area contributed by atoms with Crippen molar-refractivity contribution >= 4 is 11.3 Å². The van der Waals surface area contributed by atoms with Gasteiger partial charge in [0.15, 0.2) is 17.5 Å². The van der Waals surface area contributed by atoms with Crippen LogP contribution in [0.5, 0.6) is 0 Å². The third kappa shape index (κ3) is 2.65. The molecule has 1 aromatic carbocycles. The molecular formula is C13H13F3N2S. The lowest BCUT2D eigenvalue weighted by Gasteiger charge is -2.16. The Morgan fingerprint density at radius 2 is 1.89 bits per heavy atom. The molecule has 1 unspecified atom stereocenters. The van der Waals surface area contributed by atoms with Crippen molar-refractivity contribution in [2.45, 2.75) is 19.4 Å². The quantitative estimate of drug-likeness (QED) is 0.514. The minimum Gasteiger partial charge on any atom is -0.271 e. The minimum absolute atomic E-state index is 0.00842. The van der Waals surface area contributed by atoms with Crippen molar-refractivity contribution in [1.82, 2.24) is 5.43 Å². The molecule has 0 saturated heterocycles. The fraction of sp³-hybridized carbons (Fsp3) is 0.231. The molecule has 0 aliphatic rings. The first-order valence-corrected chi connectivity index (χ1v) is 6.58. The smallest absolute Gasteiger partial charge is 0.194 e. The zero-order valence-corrected chi connectivity index (χ0v) is 11.0. The second-order valence-corrected chi connectivity index (χ2v) is 5.22. The predicted octanol–water partition coefficient (Wildman–Crippen LogP) is 3.28. The summed E-state index contributed by atoms with van der Waals surface area (Å²) in [6.07, 6.45) is 0.849. The van der Waals surface area contributed by atoms with E-state index >= 15 is 0 Å². The SMILES string of the molecule is CCc1ccc(C(NN)c2ccc(F)c(F)c2F)s1. The van der Waals surface area contributed by atoms with Crippen LogP contribution < -0.4 is 11.3 Å². The van der Waals surface area contributed by atoms with Gasteiger partial charge in [0.25, 0.3) is 0 Å². The van der Waals surface area contributed by atoms with Gasteiger partial charge in [-0.2, -0.15) is 0 Å². The molecule has 19 heavy (non-hydrogen) atoms.